The highest BCUT2D eigenvalue weighted by Crippen LogP contribution is 2.40. The van der Waals surface area contributed by atoms with Crippen molar-refractivity contribution in [3.05, 3.63) is 47.5 Å². The molecule has 1 saturated carbocycles. The number of benzene rings is 2. The van der Waals surface area contributed by atoms with Crippen molar-refractivity contribution in [3.8, 4) is 17.6 Å². The number of rotatable bonds is 4. The molecular formula is C26H29N5O4. The van der Waals surface area contributed by atoms with Gasteiger partial charge in [-0.15, -0.1) is 0 Å². The first-order valence-corrected chi connectivity index (χ1v) is 11.9. The lowest BCUT2D eigenvalue weighted by Crippen LogP contribution is -2.52. The molecule has 2 atom stereocenters. The Kier molecular flexibility index (Phi) is 6.09. The summed E-state index contributed by atoms with van der Waals surface area (Å²) in [5, 5.41) is 11.6. The van der Waals surface area contributed by atoms with Crippen LogP contribution >= 0.6 is 0 Å². The zero-order valence-corrected chi connectivity index (χ0v) is 20.2. The third-order valence-electron chi connectivity index (χ3n) is 6.90. The highest BCUT2D eigenvalue weighted by molar-refractivity contribution is 6.02. The van der Waals surface area contributed by atoms with Gasteiger partial charge >= 0.3 is 6.09 Å². The Morgan fingerprint density at radius 3 is 2.57 bits per heavy atom. The number of amides is 2. The van der Waals surface area contributed by atoms with E-state index in [4.69, 9.17) is 9.47 Å². The molecule has 0 radical (unpaired) electrons. The highest BCUT2D eigenvalue weighted by atomic mass is 16.6. The minimum atomic E-state index is -0.587. The number of nitriles is 1. The number of hydrogen-bond donors (Lipinski definition) is 1. The standard InChI is InChI=1S/C26H29N5O4/c1-16-14-29(26(33)35-25-10-18(12-27)4-9-24(25)34-3)23-11-19(5-8-22(23)31(16)17(2)32)20-13-28-30(15-20)21-6-7-21/h4-5,8-11,16,20-21,28H,6-7,13-15H2,1-3H3/t16-,20?/m0/s1. The minimum absolute atomic E-state index is 0.0784. The predicted octanol–water partition coefficient (Wildman–Crippen LogP) is 3.39. The number of carbonyl (C=O) groups excluding carboxylic acids is 2. The summed E-state index contributed by atoms with van der Waals surface area (Å²) >= 11 is 0. The lowest BCUT2D eigenvalue weighted by atomic mass is 9.97. The molecule has 2 aliphatic heterocycles. The Balaban J connectivity index is 1.48. The van der Waals surface area contributed by atoms with E-state index in [0.29, 0.717) is 28.7 Å². The first-order valence-electron chi connectivity index (χ1n) is 11.9. The third kappa shape index (κ3) is 4.43. The van der Waals surface area contributed by atoms with E-state index < -0.39 is 6.09 Å². The first-order chi connectivity index (χ1) is 16.9. The third-order valence-corrected chi connectivity index (χ3v) is 6.90. The van der Waals surface area contributed by atoms with Gasteiger partial charge in [0.2, 0.25) is 5.91 Å². The fourth-order valence-electron chi connectivity index (χ4n) is 5.01. The maximum Gasteiger partial charge on any atom is 0.420 e. The van der Waals surface area contributed by atoms with E-state index >= 15 is 0 Å². The summed E-state index contributed by atoms with van der Waals surface area (Å²) in [7, 11) is 1.48. The average molecular weight is 476 g/mol. The van der Waals surface area contributed by atoms with Crippen molar-refractivity contribution >= 4 is 23.4 Å². The Morgan fingerprint density at radius 2 is 1.89 bits per heavy atom. The number of hydrazine groups is 1. The zero-order chi connectivity index (χ0) is 24.7. The average Bonchev–Trinajstić information content (AvgIpc) is 3.59. The van der Waals surface area contributed by atoms with Gasteiger partial charge in [0.25, 0.3) is 0 Å². The van der Waals surface area contributed by atoms with Gasteiger partial charge in [0.1, 0.15) is 0 Å². The molecule has 1 unspecified atom stereocenters. The van der Waals surface area contributed by atoms with Gasteiger partial charge in [0.05, 0.1) is 36.2 Å². The second-order valence-corrected chi connectivity index (χ2v) is 9.38. The quantitative estimate of drug-likeness (QED) is 0.724. The number of anilines is 2. The summed E-state index contributed by atoms with van der Waals surface area (Å²) in [6.45, 7) is 5.48. The summed E-state index contributed by atoms with van der Waals surface area (Å²) in [5.41, 5.74) is 6.29. The Bertz CT molecular complexity index is 1200. The van der Waals surface area contributed by atoms with E-state index in [1.54, 1.807) is 21.9 Å². The molecule has 0 aromatic heterocycles. The SMILES string of the molecule is COc1ccc(C#N)cc1OC(=O)N1C[C@H](C)N(C(C)=O)c2ccc(C3CNN(C4CC4)C3)cc21. The molecule has 2 aromatic rings. The molecule has 2 amide bonds. The van der Waals surface area contributed by atoms with Crippen LogP contribution in [0.5, 0.6) is 11.5 Å². The highest BCUT2D eigenvalue weighted by Gasteiger charge is 2.38. The van der Waals surface area contributed by atoms with Crippen molar-refractivity contribution < 1.29 is 19.1 Å². The van der Waals surface area contributed by atoms with Crippen LogP contribution in [0.25, 0.3) is 0 Å². The lowest BCUT2D eigenvalue weighted by Gasteiger charge is -2.40. The molecule has 2 fully saturated rings. The van der Waals surface area contributed by atoms with Crippen molar-refractivity contribution in [1.29, 1.82) is 5.26 Å². The van der Waals surface area contributed by atoms with E-state index in [1.165, 1.54) is 32.9 Å². The molecule has 35 heavy (non-hydrogen) atoms. The van der Waals surface area contributed by atoms with Crippen molar-refractivity contribution in [2.24, 2.45) is 0 Å². The molecular weight excluding hydrogens is 446 g/mol. The number of nitrogens with zero attached hydrogens (tertiary/aromatic N) is 4. The second kappa shape index (κ2) is 9.21. The fraction of sp³-hybridized carbons (Fsp3) is 0.423. The molecule has 182 valence electrons. The molecule has 2 aromatic carbocycles. The molecule has 9 heteroatoms. The number of methoxy groups -OCH3 is 1. The van der Waals surface area contributed by atoms with Crippen LogP contribution < -0.4 is 24.7 Å². The molecule has 0 bridgehead atoms. The summed E-state index contributed by atoms with van der Waals surface area (Å²) in [4.78, 5) is 29.2. The Morgan fingerprint density at radius 1 is 1.09 bits per heavy atom. The van der Waals surface area contributed by atoms with Crippen LogP contribution in [0.1, 0.15) is 43.7 Å². The van der Waals surface area contributed by atoms with Gasteiger partial charge in [-0.1, -0.05) is 6.07 Å². The maximum atomic E-state index is 13.4. The van der Waals surface area contributed by atoms with Gasteiger partial charge in [-0.3, -0.25) is 15.1 Å². The Hall–Kier alpha value is -3.61. The second-order valence-electron chi connectivity index (χ2n) is 9.38. The number of ether oxygens (including phenoxy) is 2. The maximum absolute atomic E-state index is 13.4. The number of nitrogens with one attached hydrogen (secondary N) is 1. The number of carbonyl (C=O) groups is 2. The predicted molar refractivity (Wildman–Crippen MR) is 131 cm³/mol. The molecule has 3 aliphatic rings. The molecule has 9 nitrogen and oxygen atoms in total. The molecule has 1 saturated heterocycles. The van der Waals surface area contributed by atoms with Crippen LogP contribution in [0.4, 0.5) is 16.2 Å². The van der Waals surface area contributed by atoms with Crippen molar-refractivity contribution in [3.63, 3.8) is 0 Å². The van der Waals surface area contributed by atoms with Crippen LogP contribution in [0, 0.1) is 11.3 Å². The van der Waals surface area contributed by atoms with Gasteiger partial charge < -0.3 is 14.4 Å². The van der Waals surface area contributed by atoms with Gasteiger partial charge in [-0.05, 0) is 49.6 Å². The van der Waals surface area contributed by atoms with Crippen LogP contribution in [0.2, 0.25) is 0 Å². The normalized spacial score (nSPS) is 21.9. The molecule has 0 spiro atoms. The fourth-order valence-corrected chi connectivity index (χ4v) is 5.01. The zero-order valence-electron chi connectivity index (χ0n) is 20.2. The smallest absolute Gasteiger partial charge is 0.420 e. The van der Waals surface area contributed by atoms with Crippen LogP contribution in [-0.4, -0.2) is 55.8 Å². The number of fused-ring (bicyclic) bond motifs is 1. The molecule has 5 rings (SSSR count). The summed E-state index contributed by atoms with van der Waals surface area (Å²) in [6.07, 6.45) is 1.87. The van der Waals surface area contributed by atoms with Crippen LogP contribution in [-0.2, 0) is 4.79 Å². The Labute approximate surface area is 204 Å². The van der Waals surface area contributed by atoms with Gasteiger partial charge in [0.15, 0.2) is 11.5 Å². The molecule has 1 aliphatic carbocycles. The van der Waals surface area contributed by atoms with E-state index in [1.807, 2.05) is 19.1 Å². The number of hydrogen-bond acceptors (Lipinski definition) is 7. The lowest BCUT2D eigenvalue weighted by molar-refractivity contribution is -0.117. The summed E-state index contributed by atoms with van der Waals surface area (Å²) < 4.78 is 11.1. The van der Waals surface area contributed by atoms with Crippen molar-refractivity contribution in [2.45, 2.75) is 44.7 Å². The monoisotopic (exact) mass is 475 g/mol. The molecule has 1 N–H and O–H groups in total. The van der Waals surface area contributed by atoms with E-state index in [2.05, 4.69) is 22.6 Å². The van der Waals surface area contributed by atoms with Crippen molar-refractivity contribution in [1.82, 2.24) is 10.4 Å². The van der Waals surface area contributed by atoms with E-state index in [0.717, 1.165) is 18.7 Å². The van der Waals surface area contributed by atoms with E-state index in [9.17, 15) is 14.9 Å². The molecule has 2 heterocycles. The minimum Gasteiger partial charge on any atom is -0.493 e. The van der Waals surface area contributed by atoms with Crippen LogP contribution in [0.3, 0.4) is 0 Å². The van der Waals surface area contributed by atoms with E-state index in [-0.39, 0.29) is 30.2 Å². The summed E-state index contributed by atoms with van der Waals surface area (Å²) in [6, 6.07) is 13.1. The largest absolute Gasteiger partial charge is 0.493 e. The summed E-state index contributed by atoms with van der Waals surface area (Å²) in [5.74, 6) is 0.747. The van der Waals surface area contributed by atoms with Gasteiger partial charge in [0, 0.05) is 44.6 Å². The first kappa shape index (κ1) is 23.1. The topological polar surface area (TPSA) is 98.1 Å². The van der Waals surface area contributed by atoms with Gasteiger partial charge in [-0.2, -0.15) is 5.26 Å². The van der Waals surface area contributed by atoms with Gasteiger partial charge in [-0.25, -0.2) is 9.80 Å². The van der Waals surface area contributed by atoms with Crippen molar-refractivity contribution in [2.75, 3.05) is 36.5 Å². The van der Waals surface area contributed by atoms with Crippen LogP contribution in [0.15, 0.2) is 36.4 Å².